The van der Waals surface area contributed by atoms with E-state index in [1.807, 2.05) is 0 Å². The van der Waals surface area contributed by atoms with Gasteiger partial charge in [0.15, 0.2) is 0 Å². The van der Waals surface area contributed by atoms with Crippen LogP contribution in [0.25, 0.3) is 0 Å². The number of nitrogens with zero attached hydrogens (tertiary/aromatic N) is 1. The molecule has 0 aliphatic carbocycles. The molecule has 1 rings (SSSR count). The van der Waals surface area contributed by atoms with E-state index in [0.717, 1.165) is 6.26 Å². The molecular weight excluding hydrogens is 272 g/mol. The molecule has 0 saturated carbocycles. The summed E-state index contributed by atoms with van der Waals surface area (Å²) in [6, 6.07) is 1.45. The number of anilines is 2. The van der Waals surface area contributed by atoms with Crippen molar-refractivity contribution in [1.82, 2.24) is 9.71 Å². The minimum atomic E-state index is -3.23. The van der Waals surface area contributed by atoms with Crippen molar-refractivity contribution in [2.45, 2.75) is 0 Å². The summed E-state index contributed by atoms with van der Waals surface area (Å²) in [6.45, 7) is 0.470. The molecule has 8 nitrogen and oxygen atoms in total. The monoisotopic (exact) mass is 288 g/mol. The molecule has 0 amide bonds. The fourth-order valence-electron chi connectivity index (χ4n) is 1.32. The molecule has 0 radical (unpaired) electrons. The van der Waals surface area contributed by atoms with Crippen LogP contribution in [0, 0.1) is 0 Å². The van der Waals surface area contributed by atoms with E-state index in [1.54, 1.807) is 0 Å². The lowest BCUT2D eigenvalue weighted by Gasteiger charge is -2.10. The molecule has 0 fully saturated rings. The molecule has 106 valence electrons. The SMILES string of the molecule is COC(=O)c1ccnc(NCCNS(C)(=O)=O)c1N. The van der Waals surface area contributed by atoms with Crippen LogP contribution in [0.2, 0.25) is 0 Å². The van der Waals surface area contributed by atoms with Gasteiger partial charge in [-0.05, 0) is 6.07 Å². The Morgan fingerprint density at radius 1 is 1.47 bits per heavy atom. The van der Waals surface area contributed by atoms with Gasteiger partial charge in [-0.15, -0.1) is 0 Å². The summed E-state index contributed by atoms with van der Waals surface area (Å²) in [5.41, 5.74) is 6.13. The van der Waals surface area contributed by atoms with Crippen LogP contribution < -0.4 is 15.8 Å². The number of nitrogens with one attached hydrogen (secondary N) is 2. The Morgan fingerprint density at radius 2 is 2.16 bits per heavy atom. The van der Waals surface area contributed by atoms with E-state index in [9.17, 15) is 13.2 Å². The first-order valence-corrected chi connectivity index (χ1v) is 7.25. The van der Waals surface area contributed by atoms with Crippen LogP contribution in [0.1, 0.15) is 10.4 Å². The summed E-state index contributed by atoms with van der Waals surface area (Å²) >= 11 is 0. The van der Waals surface area contributed by atoms with Gasteiger partial charge in [0, 0.05) is 19.3 Å². The molecular formula is C10H16N4O4S. The summed E-state index contributed by atoms with van der Waals surface area (Å²) in [4.78, 5) is 15.4. The standard InChI is InChI=1S/C10H16N4O4S/c1-18-10(15)7-3-4-12-9(8(7)11)13-5-6-14-19(2,16)17/h3-4,14H,5-6,11H2,1-2H3,(H,12,13). The Kier molecular flexibility index (Phi) is 5.07. The highest BCUT2D eigenvalue weighted by Crippen LogP contribution is 2.20. The second-order valence-electron chi connectivity index (χ2n) is 3.71. The molecule has 4 N–H and O–H groups in total. The quantitative estimate of drug-likeness (QED) is 0.472. The van der Waals surface area contributed by atoms with Gasteiger partial charge < -0.3 is 15.8 Å². The number of nitrogens with two attached hydrogens (primary N) is 1. The lowest BCUT2D eigenvalue weighted by atomic mass is 10.2. The first-order valence-electron chi connectivity index (χ1n) is 5.36. The summed E-state index contributed by atoms with van der Waals surface area (Å²) < 4.78 is 28.6. The Balaban J connectivity index is 2.67. The molecule has 1 heterocycles. The van der Waals surface area contributed by atoms with Gasteiger partial charge in [0.05, 0.1) is 24.6 Å². The average Bonchev–Trinajstić information content (AvgIpc) is 2.34. The number of hydrogen-bond acceptors (Lipinski definition) is 7. The summed E-state index contributed by atoms with van der Waals surface area (Å²) in [5, 5.41) is 2.83. The number of carbonyl (C=O) groups is 1. The molecule has 0 saturated heterocycles. The van der Waals surface area contributed by atoms with Crippen molar-refractivity contribution in [1.29, 1.82) is 0 Å². The van der Waals surface area contributed by atoms with Gasteiger partial charge in [0.1, 0.15) is 5.82 Å². The molecule has 0 spiro atoms. The van der Waals surface area contributed by atoms with E-state index in [-0.39, 0.29) is 24.3 Å². The van der Waals surface area contributed by atoms with E-state index in [4.69, 9.17) is 5.73 Å². The molecule has 0 atom stereocenters. The highest BCUT2D eigenvalue weighted by Gasteiger charge is 2.13. The lowest BCUT2D eigenvalue weighted by molar-refractivity contribution is 0.0602. The number of sulfonamides is 1. The van der Waals surface area contributed by atoms with E-state index < -0.39 is 16.0 Å². The maximum atomic E-state index is 11.4. The maximum Gasteiger partial charge on any atom is 0.340 e. The Morgan fingerprint density at radius 3 is 2.74 bits per heavy atom. The molecule has 0 aliphatic rings. The minimum absolute atomic E-state index is 0.161. The highest BCUT2D eigenvalue weighted by molar-refractivity contribution is 7.88. The second-order valence-corrected chi connectivity index (χ2v) is 5.54. The fraction of sp³-hybridized carbons (Fsp3) is 0.400. The Hall–Kier alpha value is -1.87. The van der Waals surface area contributed by atoms with Gasteiger partial charge in [-0.1, -0.05) is 0 Å². The number of rotatable bonds is 6. The van der Waals surface area contributed by atoms with Crippen molar-refractivity contribution < 1.29 is 17.9 Å². The molecule has 19 heavy (non-hydrogen) atoms. The number of pyridine rings is 1. The van der Waals surface area contributed by atoms with Crippen molar-refractivity contribution in [3.8, 4) is 0 Å². The first kappa shape index (κ1) is 15.2. The van der Waals surface area contributed by atoms with Gasteiger partial charge >= 0.3 is 5.97 Å². The molecule has 1 aromatic rings. The minimum Gasteiger partial charge on any atom is -0.465 e. The van der Waals surface area contributed by atoms with Crippen molar-refractivity contribution >= 4 is 27.5 Å². The largest absolute Gasteiger partial charge is 0.465 e. The van der Waals surface area contributed by atoms with Gasteiger partial charge in [0.25, 0.3) is 0 Å². The number of methoxy groups -OCH3 is 1. The van der Waals surface area contributed by atoms with Gasteiger partial charge in [-0.2, -0.15) is 0 Å². The number of esters is 1. The lowest BCUT2D eigenvalue weighted by Crippen LogP contribution is -2.28. The van der Waals surface area contributed by atoms with E-state index >= 15 is 0 Å². The first-order chi connectivity index (χ1) is 8.85. The molecule has 0 aromatic carbocycles. The van der Waals surface area contributed by atoms with Crippen molar-refractivity contribution in [3.63, 3.8) is 0 Å². The Labute approximate surface area is 111 Å². The summed E-state index contributed by atoms with van der Waals surface area (Å²) in [7, 11) is -1.97. The molecule has 1 aromatic heterocycles. The summed E-state index contributed by atoms with van der Waals surface area (Å²) in [6.07, 6.45) is 2.48. The van der Waals surface area contributed by atoms with Crippen molar-refractivity contribution in [3.05, 3.63) is 17.8 Å². The number of ether oxygens (including phenoxy) is 1. The van der Waals surface area contributed by atoms with E-state index in [0.29, 0.717) is 5.82 Å². The van der Waals surface area contributed by atoms with Crippen LogP contribution in [0.3, 0.4) is 0 Å². The van der Waals surface area contributed by atoms with Gasteiger partial charge in [-0.3, -0.25) is 0 Å². The average molecular weight is 288 g/mol. The number of nitrogen functional groups attached to an aromatic ring is 1. The Bertz CT molecular complexity index is 559. The van der Waals surface area contributed by atoms with Gasteiger partial charge in [0.2, 0.25) is 10.0 Å². The topological polar surface area (TPSA) is 123 Å². The van der Waals surface area contributed by atoms with Crippen molar-refractivity contribution in [2.75, 3.05) is 37.5 Å². The van der Waals surface area contributed by atoms with E-state index in [2.05, 4.69) is 19.8 Å². The number of carbonyl (C=O) groups excluding carboxylic acids is 1. The molecule has 0 aliphatic heterocycles. The molecule has 0 unspecified atom stereocenters. The summed E-state index contributed by atoms with van der Waals surface area (Å²) in [5.74, 6) is -0.254. The van der Waals surface area contributed by atoms with Crippen LogP contribution in [-0.4, -0.2) is 45.8 Å². The maximum absolute atomic E-state index is 11.4. The third-order valence-corrected chi connectivity index (χ3v) is 2.91. The number of aromatic nitrogens is 1. The van der Waals surface area contributed by atoms with Crippen LogP contribution >= 0.6 is 0 Å². The predicted molar refractivity (Wildman–Crippen MR) is 71.3 cm³/mol. The van der Waals surface area contributed by atoms with Gasteiger partial charge in [-0.25, -0.2) is 22.9 Å². The van der Waals surface area contributed by atoms with Crippen LogP contribution in [0.4, 0.5) is 11.5 Å². The third kappa shape index (κ3) is 4.72. The smallest absolute Gasteiger partial charge is 0.340 e. The zero-order valence-corrected chi connectivity index (χ0v) is 11.5. The third-order valence-electron chi connectivity index (χ3n) is 2.18. The second kappa shape index (κ2) is 6.34. The number of hydrogen-bond donors (Lipinski definition) is 3. The van der Waals surface area contributed by atoms with Crippen LogP contribution in [0.5, 0.6) is 0 Å². The zero-order valence-electron chi connectivity index (χ0n) is 10.6. The zero-order chi connectivity index (χ0) is 14.5. The normalized spacial score (nSPS) is 11.1. The molecule has 0 bridgehead atoms. The van der Waals surface area contributed by atoms with Crippen LogP contribution in [-0.2, 0) is 14.8 Å². The highest BCUT2D eigenvalue weighted by atomic mass is 32.2. The van der Waals surface area contributed by atoms with E-state index in [1.165, 1.54) is 19.4 Å². The predicted octanol–water partition coefficient (Wildman–Crippen LogP) is -0.588. The fourth-order valence-corrected chi connectivity index (χ4v) is 1.79. The van der Waals surface area contributed by atoms with Crippen molar-refractivity contribution in [2.24, 2.45) is 0 Å². The molecule has 9 heteroatoms. The van der Waals surface area contributed by atoms with Crippen LogP contribution in [0.15, 0.2) is 12.3 Å².